The number of hydrogen-bond acceptors (Lipinski definition) is 3. The smallest absolute Gasteiger partial charge is 0.226 e. The summed E-state index contributed by atoms with van der Waals surface area (Å²) in [5.41, 5.74) is 6.77. The van der Waals surface area contributed by atoms with Gasteiger partial charge in [-0.15, -0.1) is 0 Å². The molecule has 0 aliphatic heterocycles. The molecule has 0 saturated heterocycles. The maximum absolute atomic E-state index is 12.4. The number of phenols is 1. The van der Waals surface area contributed by atoms with Gasteiger partial charge in [0.1, 0.15) is 5.75 Å². The first kappa shape index (κ1) is 14.9. The second kappa shape index (κ2) is 6.75. The molecule has 4 heteroatoms. The highest BCUT2D eigenvalue weighted by atomic mass is 16.3. The fourth-order valence-corrected chi connectivity index (χ4v) is 3.07. The van der Waals surface area contributed by atoms with Crippen LogP contribution >= 0.6 is 0 Å². The van der Waals surface area contributed by atoms with Crippen molar-refractivity contribution in [1.29, 1.82) is 0 Å². The average molecular weight is 276 g/mol. The van der Waals surface area contributed by atoms with Crippen molar-refractivity contribution in [3.05, 3.63) is 29.8 Å². The number of phenolic OH excluding ortho intramolecular Hbond substituents is 1. The van der Waals surface area contributed by atoms with E-state index in [0.717, 1.165) is 18.4 Å². The highest BCUT2D eigenvalue weighted by molar-refractivity contribution is 5.78. The molecule has 1 amide bonds. The number of benzene rings is 1. The maximum atomic E-state index is 12.4. The Labute approximate surface area is 120 Å². The van der Waals surface area contributed by atoms with Gasteiger partial charge < -0.3 is 15.7 Å². The van der Waals surface area contributed by atoms with E-state index in [2.05, 4.69) is 0 Å². The average Bonchev–Trinajstić information content (AvgIpc) is 2.48. The van der Waals surface area contributed by atoms with Crippen molar-refractivity contribution >= 4 is 5.91 Å². The normalized spacial score (nSPS) is 22.5. The molecule has 110 valence electrons. The topological polar surface area (TPSA) is 66.6 Å². The summed E-state index contributed by atoms with van der Waals surface area (Å²) in [5, 5.41) is 9.26. The van der Waals surface area contributed by atoms with Gasteiger partial charge >= 0.3 is 0 Å². The highest BCUT2D eigenvalue weighted by Crippen LogP contribution is 2.27. The van der Waals surface area contributed by atoms with Gasteiger partial charge in [0.15, 0.2) is 0 Å². The van der Waals surface area contributed by atoms with Crippen molar-refractivity contribution in [2.45, 2.75) is 38.1 Å². The van der Waals surface area contributed by atoms with E-state index >= 15 is 0 Å². The van der Waals surface area contributed by atoms with Gasteiger partial charge in [0, 0.05) is 13.1 Å². The van der Waals surface area contributed by atoms with Gasteiger partial charge in [-0.05, 0) is 43.0 Å². The lowest BCUT2D eigenvalue weighted by Crippen LogP contribution is -2.46. The third kappa shape index (κ3) is 3.51. The summed E-state index contributed by atoms with van der Waals surface area (Å²) in [5.74, 6) is 0.781. The molecule has 4 nitrogen and oxygen atoms in total. The minimum Gasteiger partial charge on any atom is -0.508 e. The lowest BCUT2D eigenvalue weighted by Gasteiger charge is -2.37. The van der Waals surface area contributed by atoms with Gasteiger partial charge in [-0.2, -0.15) is 0 Å². The molecule has 1 aliphatic carbocycles. The van der Waals surface area contributed by atoms with Crippen LogP contribution in [-0.4, -0.2) is 35.5 Å². The Bertz CT molecular complexity index is 444. The van der Waals surface area contributed by atoms with Gasteiger partial charge in [0.05, 0.1) is 6.42 Å². The third-order valence-electron chi connectivity index (χ3n) is 4.35. The van der Waals surface area contributed by atoms with Crippen LogP contribution in [0, 0.1) is 5.92 Å². The van der Waals surface area contributed by atoms with E-state index in [-0.39, 0.29) is 17.7 Å². The van der Waals surface area contributed by atoms with Crippen LogP contribution in [-0.2, 0) is 11.2 Å². The zero-order chi connectivity index (χ0) is 14.5. The van der Waals surface area contributed by atoms with Crippen molar-refractivity contribution in [3.63, 3.8) is 0 Å². The van der Waals surface area contributed by atoms with Crippen LogP contribution in [0.1, 0.15) is 31.2 Å². The van der Waals surface area contributed by atoms with E-state index < -0.39 is 0 Å². The van der Waals surface area contributed by atoms with Crippen molar-refractivity contribution in [2.24, 2.45) is 11.7 Å². The number of hydrogen-bond donors (Lipinski definition) is 2. The van der Waals surface area contributed by atoms with E-state index in [4.69, 9.17) is 5.73 Å². The quantitative estimate of drug-likeness (QED) is 0.883. The van der Waals surface area contributed by atoms with Crippen LogP contribution < -0.4 is 5.73 Å². The van der Waals surface area contributed by atoms with Crippen LogP contribution in [0.15, 0.2) is 24.3 Å². The Morgan fingerprint density at radius 1 is 1.30 bits per heavy atom. The number of nitrogens with zero attached hydrogens (tertiary/aromatic N) is 1. The zero-order valence-electron chi connectivity index (χ0n) is 12.1. The molecule has 0 radical (unpaired) electrons. The summed E-state index contributed by atoms with van der Waals surface area (Å²) in [6.07, 6.45) is 4.96. The van der Waals surface area contributed by atoms with Crippen molar-refractivity contribution in [3.8, 4) is 5.75 Å². The minimum absolute atomic E-state index is 0.126. The standard InChI is InChI=1S/C16H24N2O2/c1-18(15-5-3-2-4-13(15)11-17)16(20)10-12-6-8-14(19)9-7-12/h6-9,13,15,19H,2-5,10-11,17H2,1H3. The Kier molecular flexibility index (Phi) is 5.01. The molecule has 1 aromatic rings. The number of amides is 1. The lowest BCUT2D eigenvalue weighted by molar-refractivity contribution is -0.132. The first-order chi connectivity index (χ1) is 9.61. The van der Waals surface area contributed by atoms with E-state index in [1.54, 1.807) is 24.3 Å². The first-order valence-electron chi connectivity index (χ1n) is 7.35. The van der Waals surface area contributed by atoms with Gasteiger partial charge in [0.2, 0.25) is 5.91 Å². The molecule has 2 unspecified atom stereocenters. The van der Waals surface area contributed by atoms with Gasteiger partial charge in [-0.1, -0.05) is 25.0 Å². The molecule has 1 fully saturated rings. The number of carbonyl (C=O) groups is 1. The summed E-state index contributed by atoms with van der Waals surface area (Å²) in [4.78, 5) is 14.3. The van der Waals surface area contributed by atoms with E-state index in [9.17, 15) is 9.90 Å². The summed E-state index contributed by atoms with van der Waals surface area (Å²) in [7, 11) is 1.89. The maximum Gasteiger partial charge on any atom is 0.226 e. The number of likely N-dealkylation sites (N-methyl/N-ethyl adjacent to an activating group) is 1. The molecule has 1 aliphatic rings. The molecule has 1 saturated carbocycles. The predicted octanol–water partition coefficient (Wildman–Crippen LogP) is 1.91. The fourth-order valence-electron chi connectivity index (χ4n) is 3.07. The lowest BCUT2D eigenvalue weighted by atomic mass is 9.83. The molecule has 1 aromatic carbocycles. The molecule has 2 rings (SSSR count). The van der Waals surface area contributed by atoms with Gasteiger partial charge in [0.25, 0.3) is 0 Å². The monoisotopic (exact) mass is 276 g/mol. The minimum atomic E-state index is 0.126. The van der Waals surface area contributed by atoms with E-state index in [1.165, 1.54) is 12.8 Å². The van der Waals surface area contributed by atoms with Crippen LogP contribution in [0.2, 0.25) is 0 Å². The van der Waals surface area contributed by atoms with Crippen LogP contribution in [0.3, 0.4) is 0 Å². The number of aromatic hydroxyl groups is 1. The first-order valence-corrected chi connectivity index (χ1v) is 7.35. The van der Waals surface area contributed by atoms with E-state index in [1.807, 2.05) is 11.9 Å². The summed E-state index contributed by atoms with van der Waals surface area (Å²) in [6, 6.07) is 7.10. The Balaban J connectivity index is 1.98. The molecule has 0 spiro atoms. The van der Waals surface area contributed by atoms with Crippen molar-refractivity contribution < 1.29 is 9.90 Å². The Hall–Kier alpha value is -1.55. The van der Waals surface area contributed by atoms with Gasteiger partial charge in [-0.25, -0.2) is 0 Å². The molecular formula is C16H24N2O2. The summed E-state index contributed by atoms with van der Waals surface area (Å²) >= 11 is 0. The van der Waals surface area contributed by atoms with Gasteiger partial charge in [-0.3, -0.25) is 4.79 Å². The Morgan fingerprint density at radius 3 is 2.60 bits per heavy atom. The second-order valence-electron chi connectivity index (χ2n) is 5.70. The molecule has 0 bridgehead atoms. The molecule has 0 aromatic heterocycles. The zero-order valence-corrected chi connectivity index (χ0v) is 12.1. The summed E-state index contributed by atoms with van der Waals surface area (Å²) < 4.78 is 0. The molecule has 0 heterocycles. The third-order valence-corrected chi connectivity index (χ3v) is 4.35. The predicted molar refractivity (Wildman–Crippen MR) is 79.4 cm³/mol. The molecule has 2 atom stereocenters. The second-order valence-corrected chi connectivity index (χ2v) is 5.70. The largest absolute Gasteiger partial charge is 0.508 e. The van der Waals surface area contributed by atoms with E-state index in [0.29, 0.717) is 18.9 Å². The fraction of sp³-hybridized carbons (Fsp3) is 0.562. The number of carbonyl (C=O) groups excluding carboxylic acids is 1. The molecule has 20 heavy (non-hydrogen) atoms. The molecular weight excluding hydrogens is 252 g/mol. The summed E-state index contributed by atoms with van der Waals surface area (Å²) in [6.45, 7) is 0.654. The Morgan fingerprint density at radius 2 is 1.95 bits per heavy atom. The number of nitrogens with two attached hydrogens (primary N) is 1. The number of rotatable bonds is 4. The highest BCUT2D eigenvalue weighted by Gasteiger charge is 2.29. The van der Waals surface area contributed by atoms with Crippen LogP contribution in [0.4, 0.5) is 0 Å². The van der Waals surface area contributed by atoms with Crippen molar-refractivity contribution in [1.82, 2.24) is 4.90 Å². The molecule has 3 N–H and O–H groups in total. The van der Waals surface area contributed by atoms with Crippen LogP contribution in [0.25, 0.3) is 0 Å². The SMILES string of the molecule is CN(C(=O)Cc1ccc(O)cc1)C1CCCCC1CN. The van der Waals surface area contributed by atoms with Crippen LogP contribution in [0.5, 0.6) is 5.75 Å². The van der Waals surface area contributed by atoms with Crippen molar-refractivity contribution in [2.75, 3.05) is 13.6 Å².